The number of aromatic nitrogens is 2. The Morgan fingerprint density at radius 3 is 2.82 bits per heavy atom. The predicted octanol–water partition coefficient (Wildman–Crippen LogP) is 2.27. The van der Waals surface area contributed by atoms with Crippen molar-refractivity contribution in [2.75, 3.05) is 0 Å². The van der Waals surface area contributed by atoms with Crippen molar-refractivity contribution in [3.05, 3.63) is 42.0 Å². The van der Waals surface area contributed by atoms with E-state index in [0.29, 0.717) is 12.1 Å². The Hall–Kier alpha value is -2.05. The lowest BCUT2D eigenvalue weighted by Gasteiger charge is -2.02. The number of ketones is 1. The van der Waals surface area contributed by atoms with Crippen LogP contribution in [0.4, 0.5) is 13.2 Å². The first kappa shape index (κ1) is 11.4. The Bertz CT molecular complexity index is 514. The van der Waals surface area contributed by atoms with E-state index in [0.717, 1.165) is 12.3 Å². The lowest BCUT2D eigenvalue weighted by Crippen LogP contribution is -2.22. The molecule has 0 aliphatic rings. The van der Waals surface area contributed by atoms with Gasteiger partial charge >= 0.3 is 6.18 Å². The van der Waals surface area contributed by atoms with Crippen LogP contribution >= 0.6 is 0 Å². The first-order chi connectivity index (χ1) is 7.97. The molecule has 0 aromatic carbocycles. The molecule has 0 unspecified atom stereocenters. The van der Waals surface area contributed by atoms with Gasteiger partial charge in [-0.3, -0.25) is 4.79 Å². The highest BCUT2D eigenvalue weighted by atomic mass is 19.4. The summed E-state index contributed by atoms with van der Waals surface area (Å²) in [6.45, 7) is 0.300. The largest absolute Gasteiger partial charge is 0.454 e. The molecule has 0 fully saturated rings. The van der Waals surface area contributed by atoms with Crippen LogP contribution in [-0.4, -0.2) is 21.7 Å². The summed E-state index contributed by atoms with van der Waals surface area (Å²) in [5.41, 5.74) is 0.320. The molecule has 0 radical (unpaired) electrons. The molecule has 0 bridgehead atoms. The minimum Gasteiger partial charge on any atom is -0.364 e. The quantitative estimate of drug-likeness (QED) is 0.778. The maximum atomic E-state index is 12.1. The second-order valence-electron chi connectivity index (χ2n) is 3.43. The smallest absolute Gasteiger partial charge is 0.364 e. The highest BCUT2D eigenvalue weighted by molar-refractivity contribution is 6.00. The molecule has 0 aliphatic heterocycles. The van der Waals surface area contributed by atoms with E-state index >= 15 is 0 Å². The number of halogens is 3. The zero-order valence-electron chi connectivity index (χ0n) is 8.44. The minimum absolute atomic E-state index is 0.300. The fourth-order valence-electron chi connectivity index (χ4n) is 1.35. The van der Waals surface area contributed by atoms with E-state index in [1.165, 1.54) is 23.2 Å². The summed E-state index contributed by atoms with van der Waals surface area (Å²) in [6.07, 6.45) is 0.523. The molecule has 0 atom stereocenters. The van der Waals surface area contributed by atoms with Gasteiger partial charge < -0.3 is 9.09 Å². The lowest BCUT2D eigenvalue weighted by molar-refractivity contribution is -0.0885. The van der Waals surface area contributed by atoms with Gasteiger partial charge in [-0.1, -0.05) is 5.16 Å². The molecular weight excluding hydrogens is 237 g/mol. The summed E-state index contributed by atoms with van der Waals surface area (Å²) in [6, 6.07) is 1.13. The molecule has 7 heteroatoms. The second-order valence-corrected chi connectivity index (χ2v) is 3.43. The van der Waals surface area contributed by atoms with E-state index in [-0.39, 0.29) is 5.56 Å². The molecule has 2 aromatic heterocycles. The van der Waals surface area contributed by atoms with Crippen LogP contribution in [0.5, 0.6) is 0 Å². The van der Waals surface area contributed by atoms with Crippen molar-refractivity contribution < 1.29 is 22.5 Å². The zero-order chi connectivity index (χ0) is 12.5. The Labute approximate surface area is 93.6 Å². The summed E-state index contributed by atoms with van der Waals surface area (Å²) in [7, 11) is 0. The first-order valence-corrected chi connectivity index (χ1v) is 4.62. The van der Waals surface area contributed by atoms with E-state index in [2.05, 4.69) is 9.68 Å². The lowest BCUT2D eigenvalue weighted by atomic mass is 10.2. The third-order valence-electron chi connectivity index (χ3n) is 2.12. The molecule has 2 aromatic rings. The number of nitrogens with zero attached hydrogens (tertiary/aromatic N) is 2. The molecular formula is C10H7F3N2O2. The van der Waals surface area contributed by atoms with Gasteiger partial charge in [-0.2, -0.15) is 13.2 Å². The third-order valence-corrected chi connectivity index (χ3v) is 2.12. The monoisotopic (exact) mass is 244 g/mol. The van der Waals surface area contributed by atoms with Crippen molar-refractivity contribution >= 4 is 5.78 Å². The van der Waals surface area contributed by atoms with E-state index < -0.39 is 12.0 Å². The molecule has 4 nitrogen and oxygen atoms in total. The van der Waals surface area contributed by atoms with E-state index in [9.17, 15) is 18.0 Å². The Morgan fingerprint density at radius 1 is 1.47 bits per heavy atom. The summed E-state index contributed by atoms with van der Waals surface area (Å²) in [4.78, 5) is 10.9. The summed E-state index contributed by atoms with van der Waals surface area (Å²) >= 11 is 0. The normalized spacial score (nSPS) is 11.7. The molecule has 0 amide bonds. The van der Waals surface area contributed by atoms with Crippen molar-refractivity contribution in [3.8, 4) is 0 Å². The van der Waals surface area contributed by atoms with Crippen LogP contribution in [0, 0.1) is 0 Å². The highest BCUT2D eigenvalue weighted by Gasteiger charge is 2.39. The zero-order valence-corrected chi connectivity index (χ0v) is 8.44. The van der Waals surface area contributed by atoms with Gasteiger partial charge in [-0.15, -0.1) is 0 Å². The standard InChI is InChI=1S/C10H7F3N2O2/c11-10(12,13)9(16)8-1-2-15(5-8)4-7-3-14-17-6-7/h1-3,5-6H,4H2. The molecule has 0 aliphatic carbocycles. The molecule has 0 saturated carbocycles. The van der Waals surface area contributed by atoms with Gasteiger partial charge in [0.25, 0.3) is 5.78 Å². The van der Waals surface area contributed by atoms with Crippen molar-refractivity contribution in [2.45, 2.75) is 12.7 Å². The van der Waals surface area contributed by atoms with Crippen molar-refractivity contribution in [1.29, 1.82) is 0 Å². The van der Waals surface area contributed by atoms with Gasteiger partial charge in [-0.25, -0.2) is 0 Å². The van der Waals surface area contributed by atoms with Gasteiger partial charge in [0.15, 0.2) is 0 Å². The Balaban J connectivity index is 2.14. The van der Waals surface area contributed by atoms with Gasteiger partial charge in [0.05, 0.1) is 12.7 Å². The summed E-state index contributed by atoms with van der Waals surface area (Å²) in [5, 5.41) is 3.46. The number of Topliss-reactive ketones (excluding diaryl/α,β-unsaturated/α-hetero) is 1. The van der Waals surface area contributed by atoms with Crippen molar-refractivity contribution in [2.24, 2.45) is 0 Å². The minimum atomic E-state index is -4.84. The molecule has 17 heavy (non-hydrogen) atoms. The SMILES string of the molecule is O=C(c1ccn(Cc2cnoc2)c1)C(F)(F)F. The van der Waals surface area contributed by atoms with Crippen LogP contribution in [0.1, 0.15) is 15.9 Å². The molecule has 0 saturated heterocycles. The third kappa shape index (κ3) is 2.55. The molecule has 90 valence electrons. The van der Waals surface area contributed by atoms with Gasteiger partial charge in [0.1, 0.15) is 6.26 Å². The topological polar surface area (TPSA) is 48.0 Å². The fraction of sp³-hybridized carbons (Fsp3) is 0.200. The van der Waals surface area contributed by atoms with Crippen LogP contribution in [0.2, 0.25) is 0 Å². The number of rotatable bonds is 3. The summed E-state index contributed by atoms with van der Waals surface area (Å²) < 4.78 is 42.4. The number of alkyl halides is 3. The number of hydrogen-bond acceptors (Lipinski definition) is 3. The second kappa shape index (κ2) is 4.08. The number of hydrogen-bond donors (Lipinski definition) is 0. The van der Waals surface area contributed by atoms with Crippen LogP contribution in [0.15, 0.2) is 35.4 Å². The fourth-order valence-corrected chi connectivity index (χ4v) is 1.35. The molecule has 0 N–H and O–H groups in total. The average molecular weight is 244 g/mol. The van der Waals surface area contributed by atoms with Crippen LogP contribution in [-0.2, 0) is 6.54 Å². The summed E-state index contributed by atoms with van der Waals surface area (Å²) in [5.74, 6) is -1.85. The maximum Gasteiger partial charge on any atom is 0.454 e. The molecule has 2 heterocycles. The molecule has 0 spiro atoms. The van der Waals surface area contributed by atoms with Crippen molar-refractivity contribution in [1.82, 2.24) is 9.72 Å². The number of carbonyl (C=O) groups excluding carboxylic acids is 1. The van der Waals surface area contributed by atoms with Crippen molar-refractivity contribution in [3.63, 3.8) is 0 Å². The highest BCUT2D eigenvalue weighted by Crippen LogP contribution is 2.21. The van der Waals surface area contributed by atoms with Gasteiger partial charge in [0.2, 0.25) is 0 Å². The van der Waals surface area contributed by atoms with Gasteiger partial charge in [-0.05, 0) is 6.07 Å². The number of carbonyl (C=O) groups is 1. The van der Waals surface area contributed by atoms with Gasteiger partial charge in [0, 0.05) is 23.5 Å². The van der Waals surface area contributed by atoms with E-state index in [1.807, 2.05) is 0 Å². The average Bonchev–Trinajstić information content (AvgIpc) is 2.87. The molecule has 2 rings (SSSR count). The Kier molecular flexibility index (Phi) is 2.74. The first-order valence-electron chi connectivity index (χ1n) is 4.62. The Morgan fingerprint density at radius 2 is 2.24 bits per heavy atom. The van der Waals surface area contributed by atoms with Crippen LogP contribution in [0.25, 0.3) is 0 Å². The van der Waals surface area contributed by atoms with E-state index in [1.54, 1.807) is 0 Å². The van der Waals surface area contributed by atoms with E-state index in [4.69, 9.17) is 0 Å². The predicted molar refractivity (Wildman–Crippen MR) is 50.4 cm³/mol. The van der Waals surface area contributed by atoms with Crippen LogP contribution in [0.3, 0.4) is 0 Å². The van der Waals surface area contributed by atoms with Crippen LogP contribution < -0.4 is 0 Å². The maximum absolute atomic E-state index is 12.1.